The van der Waals surface area contributed by atoms with Crippen LogP contribution < -0.4 is 10.9 Å². The predicted molar refractivity (Wildman–Crippen MR) is 96.6 cm³/mol. The third-order valence-electron chi connectivity index (χ3n) is 4.61. The number of aromatic nitrogens is 2. The normalized spacial score (nSPS) is 15.7. The molecule has 138 valence electrons. The Labute approximate surface area is 151 Å². The van der Waals surface area contributed by atoms with E-state index < -0.39 is 12.1 Å². The van der Waals surface area contributed by atoms with Gasteiger partial charge in [0.25, 0.3) is 11.5 Å². The number of para-hydroxylation sites is 1. The van der Waals surface area contributed by atoms with Crippen LogP contribution in [0.3, 0.4) is 0 Å². The van der Waals surface area contributed by atoms with Crippen molar-refractivity contribution in [1.29, 1.82) is 0 Å². The molecule has 1 aromatic heterocycles. The van der Waals surface area contributed by atoms with Crippen LogP contribution in [0.15, 0.2) is 29.1 Å². The summed E-state index contributed by atoms with van der Waals surface area (Å²) >= 11 is 0. The van der Waals surface area contributed by atoms with Gasteiger partial charge in [-0.25, -0.2) is 4.98 Å². The summed E-state index contributed by atoms with van der Waals surface area (Å²) in [6.07, 6.45) is 3.66. The molecule has 2 N–H and O–H groups in total. The van der Waals surface area contributed by atoms with Gasteiger partial charge in [-0.2, -0.15) is 0 Å². The third kappa shape index (κ3) is 4.47. The Bertz CT molecular complexity index is 855. The second-order valence-corrected chi connectivity index (χ2v) is 6.65. The van der Waals surface area contributed by atoms with Crippen LogP contribution >= 0.6 is 0 Å². The van der Waals surface area contributed by atoms with E-state index in [2.05, 4.69) is 15.3 Å². The van der Waals surface area contributed by atoms with Crippen LogP contribution in [-0.2, 0) is 20.7 Å². The van der Waals surface area contributed by atoms with E-state index in [1.165, 1.54) is 0 Å². The second kappa shape index (κ2) is 8.12. The van der Waals surface area contributed by atoms with Gasteiger partial charge in [0.1, 0.15) is 5.82 Å². The van der Waals surface area contributed by atoms with E-state index in [4.69, 9.17) is 4.74 Å². The Morgan fingerprint density at radius 3 is 2.81 bits per heavy atom. The molecule has 1 heterocycles. The Kier molecular flexibility index (Phi) is 5.65. The number of aromatic amines is 1. The van der Waals surface area contributed by atoms with Crippen LogP contribution in [0, 0.1) is 0 Å². The van der Waals surface area contributed by atoms with E-state index in [9.17, 15) is 14.4 Å². The molecule has 7 nitrogen and oxygen atoms in total. The molecule has 1 aromatic carbocycles. The first-order valence-electron chi connectivity index (χ1n) is 9.01. The standard InChI is InChI=1S/C19H23N3O4/c1-12(18(24)20-13-6-2-3-7-13)26-17(23)11-10-16-21-15-9-5-4-8-14(15)19(25)22-16/h4-5,8-9,12-13H,2-3,6-7,10-11H2,1H3,(H,20,24)(H,21,22,25)/t12-/m1/s1. The Hall–Kier alpha value is -2.70. The van der Waals surface area contributed by atoms with Gasteiger partial charge in [-0.15, -0.1) is 0 Å². The van der Waals surface area contributed by atoms with Crippen molar-refractivity contribution in [2.45, 2.75) is 57.6 Å². The predicted octanol–water partition coefficient (Wildman–Crippen LogP) is 1.85. The number of carbonyl (C=O) groups is 2. The van der Waals surface area contributed by atoms with Crippen molar-refractivity contribution in [1.82, 2.24) is 15.3 Å². The lowest BCUT2D eigenvalue weighted by Gasteiger charge is -2.17. The summed E-state index contributed by atoms with van der Waals surface area (Å²) < 4.78 is 5.19. The van der Waals surface area contributed by atoms with E-state index in [0.29, 0.717) is 16.7 Å². The van der Waals surface area contributed by atoms with E-state index in [1.54, 1.807) is 31.2 Å². The number of rotatable bonds is 6. The summed E-state index contributed by atoms with van der Waals surface area (Å²) in [5, 5.41) is 3.42. The molecule has 0 bridgehead atoms. The quantitative estimate of drug-likeness (QED) is 0.768. The maximum atomic E-state index is 12.1. The molecule has 1 atom stereocenters. The smallest absolute Gasteiger partial charge is 0.307 e. The van der Waals surface area contributed by atoms with E-state index in [1.807, 2.05) is 0 Å². The van der Waals surface area contributed by atoms with Crippen LogP contribution in [0.25, 0.3) is 10.9 Å². The lowest BCUT2D eigenvalue weighted by molar-refractivity contribution is -0.155. The number of hydrogen-bond acceptors (Lipinski definition) is 5. The van der Waals surface area contributed by atoms with E-state index >= 15 is 0 Å². The molecule has 3 rings (SSSR count). The number of nitrogens with one attached hydrogen (secondary N) is 2. The number of esters is 1. The molecule has 1 saturated carbocycles. The topological polar surface area (TPSA) is 101 Å². The molecule has 1 amide bonds. The summed E-state index contributed by atoms with van der Waals surface area (Å²) in [6, 6.07) is 7.22. The molecular formula is C19H23N3O4. The van der Waals surface area contributed by atoms with Crippen molar-refractivity contribution in [3.63, 3.8) is 0 Å². The number of carbonyl (C=O) groups excluding carboxylic acids is 2. The van der Waals surface area contributed by atoms with E-state index in [-0.39, 0.29) is 30.3 Å². The fourth-order valence-corrected chi connectivity index (χ4v) is 3.17. The molecule has 7 heteroatoms. The third-order valence-corrected chi connectivity index (χ3v) is 4.61. The van der Waals surface area contributed by atoms with Crippen LogP contribution in [-0.4, -0.2) is 34.0 Å². The Morgan fingerprint density at radius 2 is 2.04 bits per heavy atom. The zero-order valence-corrected chi connectivity index (χ0v) is 14.8. The summed E-state index contributed by atoms with van der Waals surface area (Å²) in [5.41, 5.74) is 0.354. The number of nitrogens with zero attached hydrogens (tertiary/aromatic N) is 1. The van der Waals surface area contributed by atoms with Crippen molar-refractivity contribution in [2.75, 3.05) is 0 Å². The highest BCUT2D eigenvalue weighted by molar-refractivity contribution is 5.83. The average Bonchev–Trinajstić information content (AvgIpc) is 3.13. The van der Waals surface area contributed by atoms with Gasteiger partial charge in [0.05, 0.1) is 17.3 Å². The van der Waals surface area contributed by atoms with Crippen molar-refractivity contribution in [2.24, 2.45) is 0 Å². The van der Waals surface area contributed by atoms with Crippen LogP contribution in [0.4, 0.5) is 0 Å². The first-order valence-corrected chi connectivity index (χ1v) is 9.01. The van der Waals surface area contributed by atoms with Crippen molar-refractivity contribution in [3.05, 3.63) is 40.4 Å². The Morgan fingerprint density at radius 1 is 1.31 bits per heavy atom. The van der Waals surface area contributed by atoms with Gasteiger partial charge in [0.2, 0.25) is 0 Å². The zero-order valence-electron chi connectivity index (χ0n) is 14.8. The molecule has 0 unspecified atom stereocenters. The summed E-state index contributed by atoms with van der Waals surface area (Å²) in [4.78, 5) is 43.1. The molecule has 0 aliphatic heterocycles. The van der Waals surface area contributed by atoms with Crippen molar-refractivity contribution in [3.8, 4) is 0 Å². The minimum Gasteiger partial charge on any atom is -0.453 e. The van der Waals surface area contributed by atoms with Crippen molar-refractivity contribution >= 4 is 22.8 Å². The summed E-state index contributed by atoms with van der Waals surface area (Å²) in [5.74, 6) is -0.328. The van der Waals surface area contributed by atoms with Gasteiger partial charge in [0.15, 0.2) is 6.10 Å². The maximum absolute atomic E-state index is 12.1. The molecular weight excluding hydrogens is 334 g/mol. The monoisotopic (exact) mass is 357 g/mol. The molecule has 1 fully saturated rings. The molecule has 0 saturated heterocycles. The molecule has 1 aliphatic rings. The molecule has 26 heavy (non-hydrogen) atoms. The number of fused-ring (bicyclic) bond motifs is 1. The maximum Gasteiger partial charge on any atom is 0.307 e. The lowest BCUT2D eigenvalue weighted by Crippen LogP contribution is -2.40. The minimum absolute atomic E-state index is 0.0440. The second-order valence-electron chi connectivity index (χ2n) is 6.65. The van der Waals surface area contributed by atoms with Gasteiger partial charge in [-0.3, -0.25) is 14.4 Å². The van der Waals surface area contributed by atoms with Crippen LogP contribution in [0.2, 0.25) is 0 Å². The number of amides is 1. The Balaban J connectivity index is 1.52. The summed E-state index contributed by atoms with van der Waals surface area (Å²) in [6.45, 7) is 1.57. The molecule has 0 spiro atoms. The van der Waals surface area contributed by atoms with Gasteiger partial charge in [-0.1, -0.05) is 25.0 Å². The minimum atomic E-state index is -0.827. The largest absolute Gasteiger partial charge is 0.453 e. The van der Waals surface area contributed by atoms with Crippen LogP contribution in [0.1, 0.15) is 44.9 Å². The van der Waals surface area contributed by atoms with Gasteiger partial charge in [0, 0.05) is 12.5 Å². The highest BCUT2D eigenvalue weighted by atomic mass is 16.5. The molecule has 2 aromatic rings. The summed E-state index contributed by atoms with van der Waals surface area (Å²) in [7, 11) is 0. The van der Waals surface area contributed by atoms with E-state index in [0.717, 1.165) is 25.7 Å². The van der Waals surface area contributed by atoms with Crippen LogP contribution in [0.5, 0.6) is 0 Å². The molecule has 0 radical (unpaired) electrons. The SMILES string of the molecule is C[C@@H](OC(=O)CCc1nc2ccccc2c(=O)[nH]1)C(=O)NC1CCCC1. The van der Waals surface area contributed by atoms with Crippen molar-refractivity contribution < 1.29 is 14.3 Å². The fourth-order valence-electron chi connectivity index (χ4n) is 3.17. The zero-order chi connectivity index (χ0) is 18.5. The number of aryl methyl sites for hydroxylation is 1. The molecule has 1 aliphatic carbocycles. The highest BCUT2D eigenvalue weighted by Crippen LogP contribution is 2.17. The fraction of sp³-hybridized carbons (Fsp3) is 0.474. The lowest BCUT2D eigenvalue weighted by atomic mass is 10.2. The first-order chi connectivity index (χ1) is 12.5. The number of hydrogen-bond donors (Lipinski definition) is 2. The number of ether oxygens (including phenoxy) is 1. The number of benzene rings is 1. The van der Waals surface area contributed by atoms with Gasteiger partial charge in [-0.05, 0) is 31.9 Å². The van der Waals surface area contributed by atoms with Gasteiger partial charge < -0.3 is 15.0 Å². The number of H-pyrrole nitrogens is 1. The average molecular weight is 357 g/mol. The highest BCUT2D eigenvalue weighted by Gasteiger charge is 2.23. The van der Waals surface area contributed by atoms with Gasteiger partial charge >= 0.3 is 5.97 Å². The first kappa shape index (κ1) is 18.1.